The van der Waals surface area contributed by atoms with Gasteiger partial charge in [-0.2, -0.15) is 0 Å². The van der Waals surface area contributed by atoms with E-state index in [2.05, 4.69) is 15.5 Å². The highest BCUT2D eigenvalue weighted by Crippen LogP contribution is 2.21. The Labute approximate surface area is 195 Å². The molecule has 1 saturated heterocycles. The van der Waals surface area contributed by atoms with Crippen molar-refractivity contribution in [3.63, 3.8) is 0 Å². The van der Waals surface area contributed by atoms with Crippen molar-refractivity contribution in [1.82, 2.24) is 19.7 Å². The first kappa shape index (κ1) is 22.8. The number of rotatable bonds is 7. The van der Waals surface area contributed by atoms with Crippen molar-refractivity contribution in [2.24, 2.45) is 7.05 Å². The van der Waals surface area contributed by atoms with Crippen molar-refractivity contribution >= 4 is 35.0 Å². The molecule has 172 valence electrons. The van der Waals surface area contributed by atoms with E-state index in [0.717, 1.165) is 5.69 Å². The number of carbonyl (C=O) groups excluding carboxylic acids is 2. The van der Waals surface area contributed by atoms with Gasteiger partial charge in [-0.15, -0.1) is 10.2 Å². The number of piperazine rings is 1. The summed E-state index contributed by atoms with van der Waals surface area (Å²) in [6.45, 7) is 2.25. The number of amides is 2. The van der Waals surface area contributed by atoms with E-state index in [4.69, 9.17) is 0 Å². The number of aromatic nitrogens is 3. The van der Waals surface area contributed by atoms with Crippen molar-refractivity contribution in [3.8, 4) is 0 Å². The first-order chi connectivity index (χ1) is 16.0. The standard InChI is InChI=1S/C23H25FN6O2S/c1-28-20(15-21(31)25-17-7-3-2-4-8-17)26-27-23(28)33-16-22(32)30-13-11-29(12-14-30)19-10-6-5-9-18(19)24/h2-10H,11-16H2,1H3,(H,25,31). The van der Waals surface area contributed by atoms with E-state index in [1.807, 2.05) is 41.3 Å². The zero-order chi connectivity index (χ0) is 23.2. The summed E-state index contributed by atoms with van der Waals surface area (Å²) in [5.74, 6) is 0.318. The summed E-state index contributed by atoms with van der Waals surface area (Å²) in [5.41, 5.74) is 1.29. The first-order valence-corrected chi connectivity index (χ1v) is 11.6. The van der Waals surface area contributed by atoms with Gasteiger partial charge in [-0.3, -0.25) is 9.59 Å². The van der Waals surface area contributed by atoms with Gasteiger partial charge in [0.15, 0.2) is 5.16 Å². The number of hydrogen-bond acceptors (Lipinski definition) is 6. The van der Waals surface area contributed by atoms with Gasteiger partial charge in [0.05, 0.1) is 17.9 Å². The smallest absolute Gasteiger partial charge is 0.233 e. The third-order valence-electron chi connectivity index (χ3n) is 5.45. The average molecular weight is 469 g/mol. The van der Waals surface area contributed by atoms with E-state index < -0.39 is 0 Å². The Morgan fingerprint density at radius 1 is 1.00 bits per heavy atom. The Morgan fingerprint density at radius 2 is 1.70 bits per heavy atom. The van der Waals surface area contributed by atoms with Crippen LogP contribution in [0.2, 0.25) is 0 Å². The third-order valence-corrected chi connectivity index (χ3v) is 6.46. The largest absolute Gasteiger partial charge is 0.366 e. The third kappa shape index (κ3) is 5.70. The fraction of sp³-hybridized carbons (Fsp3) is 0.304. The number of hydrogen-bond donors (Lipinski definition) is 1. The SMILES string of the molecule is Cn1c(CC(=O)Nc2ccccc2)nnc1SCC(=O)N1CCN(c2ccccc2F)CC1. The van der Waals surface area contributed by atoms with Crippen LogP contribution in [0.4, 0.5) is 15.8 Å². The highest BCUT2D eigenvalue weighted by Gasteiger charge is 2.23. The van der Waals surface area contributed by atoms with Crippen LogP contribution in [0.3, 0.4) is 0 Å². The molecule has 1 aliphatic heterocycles. The normalized spacial score (nSPS) is 13.8. The number of halogens is 1. The Kier molecular flexibility index (Phi) is 7.23. The fourth-order valence-corrected chi connectivity index (χ4v) is 4.45. The van der Waals surface area contributed by atoms with Crippen molar-refractivity contribution in [1.29, 1.82) is 0 Å². The van der Waals surface area contributed by atoms with Gasteiger partial charge in [0, 0.05) is 38.9 Å². The van der Waals surface area contributed by atoms with Crippen LogP contribution in [-0.2, 0) is 23.1 Å². The van der Waals surface area contributed by atoms with Gasteiger partial charge in [-0.25, -0.2) is 4.39 Å². The number of carbonyl (C=O) groups is 2. The van der Waals surface area contributed by atoms with Crippen molar-refractivity contribution in [2.75, 3.05) is 42.1 Å². The summed E-state index contributed by atoms with van der Waals surface area (Å²) in [5, 5.41) is 11.6. The number of nitrogens with one attached hydrogen (secondary N) is 1. The second-order valence-electron chi connectivity index (χ2n) is 7.66. The number of benzene rings is 2. The van der Waals surface area contributed by atoms with Crippen LogP contribution >= 0.6 is 11.8 Å². The van der Waals surface area contributed by atoms with Crippen molar-refractivity contribution in [2.45, 2.75) is 11.6 Å². The summed E-state index contributed by atoms with van der Waals surface area (Å²) < 4.78 is 15.7. The average Bonchev–Trinajstić information content (AvgIpc) is 3.17. The van der Waals surface area contributed by atoms with E-state index in [1.165, 1.54) is 17.8 Å². The molecule has 0 bridgehead atoms. The van der Waals surface area contributed by atoms with Crippen LogP contribution in [0.5, 0.6) is 0 Å². The van der Waals surface area contributed by atoms with E-state index in [9.17, 15) is 14.0 Å². The Balaban J connectivity index is 1.26. The molecule has 0 spiro atoms. The molecule has 0 aliphatic carbocycles. The second-order valence-corrected chi connectivity index (χ2v) is 8.60. The van der Waals surface area contributed by atoms with Gasteiger partial charge < -0.3 is 19.7 Å². The number of nitrogens with zero attached hydrogens (tertiary/aromatic N) is 5. The van der Waals surface area contributed by atoms with Crippen molar-refractivity contribution in [3.05, 3.63) is 66.2 Å². The van der Waals surface area contributed by atoms with Gasteiger partial charge in [0.2, 0.25) is 11.8 Å². The molecule has 1 aromatic heterocycles. The molecule has 0 atom stereocenters. The van der Waals surface area contributed by atoms with E-state index in [0.29, 0.717) is 42.8 Å². The molecule has 2 aromatic carbocycles. The molecule has 2 amide bonds. The first-order valence-electron chi connectivity index (χ1n) is 10.6. The minimum atomic E-state index is -0.247. The molecule has 4 rings (SSSR count). The number of para-hydroxylation sites is 2. The summed E-state index contributed by atoms with van der Waals surface area (Å²) in [4.78, 5) is 28.7. The summed E-state index contributed by atoms with van der Waals surface area (Å²) in [6.07, 6.45) is 0.0882. The monoisotopic (exact) mass is 468 g/mol. The minimum absolute atomic E-state index is 0.000413. The van der Waals surface area contributed by atoms with Gasteiger partial charge in [-0.05, 0) is 24.3 Å². The Hall–Kier alpha value is -3.40. The van der Waals surface area contributed by atoms with Crippen LogP contribution in [0.15, 0.2) is 59.8 Å². The molecule has 0 unspecified atom stereocenters. The molecule has 1 aliphatic rings. The summed E-state index contributed by atoms with van der Waals surface area (Å²) >= 11 is 1.29. The second kappa shape index (κ2) is 10.5. The number of thioether (sulfide) groups is 1. The highest BCUT2D eigenvalue weighted by molar-refractivity contribution is 7.99. The van der Waals surface area contributed by atoms with Crippen LogP contribution in [-0.4, -0.2) is 63.4 Å². The lowest BCUT2D eigenvalue weighted by Gasteiger charge is -2.36. The predicted molar refractivity (Wildman–Crippen MR) is 126 cm³/mol. The molecule has 10 heteroatoms. The van der Waals surface area contributed by atoms with E-state index >= 15 is 0 Å². The lowest BCUT2D eigenvalue weighted by Crippen LogP contribution is -2.49. The zero-order valence-corrected chi connectivity index (χ0v) is 19.1. The highest BCUT2D eigenvalue weighted by atomic mass is 32.2. The van der Waals surface area contributed by atoms with Crippen LogP contribution in [0.1, 0.15) is 5.82 Å². The lowest BCUT2D eigenvalue weighted by atomic mass is 10.2. The molecule has 2 heterocycles. The van der Waals surface area contributed by atoms with Gasteiger partial charge in [0.25, 0.3) is 0 Å². The molecule has 0 radical (unpaired) electrons. The lowest BCUT2D eigenvalue weighted by molar-refractivity contribution is -0.128. The zero-order valence-electron chi connectivity index (χ0n) is 18.3. The molecular formula is C23H25FN6O2S. The fourth-order valence-electron chi connectivity index (χ4n) is 3.62. The molecule has 1 fully saturated rings. The summed E-state index contributed by atoms with van der Waals surface area (Å²) in [7, 11) is 1.78. The van der Waals surface area contributed by atoms with Crippen LogP contribution in [0, 0.1) is 5.82 Å². The molecule has 3 aromatic rings. The van der Waals surface area contributed by atoms with Crippen LogP contribution in [0.25, 0.3) is 0 Å². The molecular weight excluding hydrogens is 443 g/mol. The topological polar surface area (TPSA) is 83.4 Å². The minimum Gasteiger partial charge on any atom is -0.366 e. The Bertz CT molecular complexity index is 1120. The van der Waals surface area contributed by atoms with Gasteiger partial charge in [-0.1, -0.05) is 42.1 Å². The van der Waals surface area contributed by atoms with E-state index in [-0.39, 0.29) is 29.8 Å². The number of anilines is 2. The maximum Gasteiger partial charge on any atom is 0.233 e. The van der Waals surface area contributed by atoms with Gasteiger partial charge >= 0.3 is 0 Å². The summed E-state index contributed by atoms with van der Waals surface area (Å²) in [6, 6.07) is 15.9. The molecule has 33 heavy (non-hydrogen) atoms. The Morgan fingerprint density at radius 3 is 2.42 bits per heavy atom. The maximum absolute atomic E-state index is 14.0. The molecule has 8 nitrogen and oxygen atoms in total. The van der Waals surface area contributed by atoms with Crippen molar-refractivity contribution < 1.29 is 14.0 Å². The van der Waals surface area contributed by atoms with E-state index in [1.54, 1.807) is 28.6 Å². The predicted octanol–water partition coefficient (Wildman–Crippen LogP) is 2.58. The quantitative estimate of drug-likeness (QED) is 0.537. The molecule has 0 saturated carbocycles. The van der Waals surface area contributed by atoms with Crippen LogP contribution < -0.4 is 10.2 Å². The van der Waals surface area contributed by atoms with Gasteiger partial charge in [0.1, 0.15) is 11.6 Å². The molecule has 1 N–H and O–H groups in total. The maximum atomic E-state index is 14.0.